The number of nitrogens with one attached hydrogen (secondary N) is 2. The van der Waals surface area contributed by atoms with E-state index in [1.807, 2.05) is 0 Å². The summed E-state index contributed by atoms with van der Waals surface area (Å²) < 4.78 is 23.6. The van der Waals surface area contributed by atoms with Crippen LogP contribution in [0.2, 0.25) is 0 Å². The third-order valence-electron chi connectivity index (χ3n) is 4.15. The van der Waals surface area contributed by atoms with Crippen molar-refractivity contribution in [1.82, 2.24) is 10.7 Å². The van der Waals surface area contributed by atoms with Gasteiger partial charge in [-0.1, -0.05) is 19.9 Å². The van der Waals surface area contributed by atoms with Gasteiger partial charge in [0.1, 0.15) is 11.9 Å². The fraction of sp³-hybridized carbons (Fsp3) is 0.286. The second kappa shape index (κ2) is 10.2. The Bertz CT molecular complexity index is 882. The maximum Gasteiger partial charge on any atom is 0.262 e. The van der Waals surface area contributed by atoms with E-state index < -0.39 is 23.7 Å². The Hall–Kier alpha value is -3.42. The molecular weight excluding hydrogens is 377 g/mol. The number of rotatable bonds is 8. The monoisotopic (exact) mass is 401 g/mol. The fourth-order valence-corrected chi connectivity index (χ4v) is 2.61. The summed E-state index contributed by atoms with van der Waals surface area (Å²) in [6, 6.07) is 9.53. The van der Waals surface area contributed by atoms with Gasteiger partial charge in [-0.2, -0.15) is 5.10 Å². The molecule has 154 valence electrons. The molecule has 0 spiro atoms. The number of carbonyl (C=O) groups excluding carboxylic acids is 2. The van der Waals surface area contributed by atoms with Crippen molar-refractivity contribution in [3.05, 3.63) is 59.4 Å². The lowest BCUT2D eigenvalue weighted by Gasteiger charge is -2.20. The van der Waals surface area contributed by atoms with Crippen LogP contribution < -0.4 is 20.2 Å². The van der Waals surface area contributed by atoms with Crippen molar-refractivity contribution in [2.24, 2.45) is 11.0 Å². The number of methoxy groups -OCH3 is 2. The van der Waals surface area contributed by atoms with E-state index in [9.17, 15) is 14.0 Å². The summed E-state index contributed by atoms with van der Waals surface area (Å²) in [6.07, 6.45) is 1.43. The Balaban J connectivity index is 2.07. The molecule has 0 radical (unpaired) electrons. The molecule has 29 heavy (non-hydrogen) atoms. The van der Waals surface area contributed by atoms with Crippen molar-refractivity contribution in [1.29, 1.82) is 0 Å². The number of ether oxygens (including phenoxy) is 2. The predicted molar refractivity (Wildman–Crippen MR) is 108 cm³/mol. The van der Waals surface area contributed by atoms with E-state index in [4.69, 9.17) is 9.47 Å². The van der Waals surface area contributed by atoms with E-state index in [-0.39, 0.29) is 11.5 Å². The molecule has 2 rings (SSSR count). The molecule has 1 atom stereocenters. The largest absolute Gasteiger partial charge is 0.493 e. The van der Waals surface area contributed by atoms with E-state index in [0.717, 1.165) is 0 Å². The van der Waals surface area contributed by atoms with Crippen molar-refractivity contribution in [3.8, 4) is 11.5 Å². The Kier molecular flexibility index (Phi) is 7.70. The molecule has 0 heterocycles. The molecule has 0 saturated carbocycles. The molecule has 7 nitrogen and oxygen atoms in total. The molecule has 8 heteroatoms. The van der Waals surface area contributed by atoms with Crippen molar-refractivity contribution in [2.45, 2.75) is 19.9 Å². The number of nitrogens with zero attached hydrogens (tertiary/aromatic N) is 1. The third kappa shape index (κ3) is 5.78. The van der Waals surface area contributed by atoms with Crippen LogP contribution in [0.15, 0.2) is 47.6 Å². The van der Waals surface area contributed by atoms with Crippen LogP contribution >= 0.6 is 0 Å². The van der Waals surface area contributed by atoms with Gasteiger partial charge < -0.3 is 14.8 Å². The van der Waals surface area contributed by atoms with E-state index in [1.54, 1.807) is 32.0 Å². The van der Waals surface area contributed by atoms with Crippen molar-refractivity contribution >= 4 is 18.0 Å². The van der Waals surface area contributed by atoms with E-state index in [0.29, 0.717) is 17.1 Å². The van der Waals surface area contributed by atoms with Crippen LogP contribution in [0.3, 0.4) is 0 Å². The Labute approximate surface area is 168 Å². The van der Waals surface area contributed by atoms with Gasteiger partial charge in [0.2, 0.25) is 0 Å². The van der Waals surface area contributed by atoms with Crippen molar-refractivity contribution < 1.29 is 23.5 Å². The smallest absolute Gasteiger partial charge is 0.262 e. The molecule has 0 aliphatic carbocycles. The molecule has 0 fully saturated rings. The number of para-hydroxylation sites is 1. The zero-order chi connectivity index (χ0) is 21.4. The average Bonchev–Trinajstić information content (AvgIpc) is 2.71. The van der Waals surface area contributed by atoms with Crippen LogP contribution in [0.1, 0.15) is 29.8 Å². The second-order valence-corrected chi connectivity index (χ2v) is 6.52. The normalized spacial score (nSPS) is 11.9. The number of halogens is 1. The van der Waals surface area contributed by atoms with Gasteiger partial charge >= 0.3 is 0 Å². The first-order valence-corrected chi connectivity index (χ1v) is 8.97. The number of hydrogen-bond acceptors (Lipinski definition) is 5. The van der Waals surface area contributed by atoms with Gasteiger partial charge in [0, 0.05) is 11.1 Å². The number of benzene rings is 2. The highest BCUT2D eigenvalue weighted by molar-refractivity contribution is 5.97. The summed E-state index contributed by atoms with van der Waals surface area (Å²) in [4.78, 5) is 24.9. The molecule has 0 saturated heterocycles. The van der Waals surface area contributed by atoms with Crippen molar-refractivity contribution in [3.63, 3.8) is 0 Å². The molecular formula is C21H24FN3O4. The first kappa shape index (κ1) is 21.9. The molecule has 1 unspecified atom stereocenters. The third-order valence-corrected chi connectivity index (χ3v) is 4.15. The van der Waals surface area contributed by atoms with E-state index >= 15 is 0 Å². The molecule has 2 aromatic carbocycles. The predicted octanol–water partition coefficient (Wildman–Crippen LogP) is 2.75. The minimum atomic E-state index is -0.822. The number of amides is 2. The molecule has 2 aromatic rings. The molecule has 2 N–H and O–H groups in total. The maximum absolute atomic E-state index is 13.0. The quantitative estimate of drug-likeness (QED) is 0.526. The minimum absolute atomic E-state index is 0.194. The fourth-order valence-electron chi connectivity index (χ4n) is 2.61. The molecule has 0 aliphatic heterocycles. The van der Waals surface area contributed by atoms with Gasteiger partial charge in [-0.3, -0.25) is 9.59 Å². The minimum Gasteiger partial charge on any atom is -0.493 e. The van der Waals surface area contributed by atoms with Crippen LogP contribution in [0, 0.1) is 11.7 Å². The lowest BCUT2D eigenvalue weighted by Crippen LogP contribution is -2.48. The van der Waals surface area contributed by atoms with Gasteiger partial charge in [0.05, 0.1) is 20.4 Å². The van der Waals surface area contributed by atoms with Crippen LogP contribution in [0.5, 0.6) is 11.5 Å². The highest BCUT2D eigenvalue weighted by Crippen LogP contribution is 2.29. The van der Waals surface area contributed by atoms with Crippen LogP contribution in [0.4, 0.5) is 4.39 Å². The average molecular weight is 401 g/mol. The standard InChI is InChI=1S/C21H24FN3O4/c1-13(2)18(24-20(26)14-8-10-16(22)11-9-14)21(27)25-23-12-15-6-5-7-17(28-3)19(15)29-4/h5-13,18H,1-4H3,(H,24,26)(H,25,27). The zero-order valence-corrected chi connectivity index (χ0v) is 16.7. The zero-order valence-electron chi connectivity index (χ0n) is 16.7. The number of carbonyl (C=O) groups is 2. The lowest BCUT2D eigenvalue weighted by atomic mass is 10.0. The van der Waals surface area contributed by atoms with Crippen LogP contribution in [0.25, 0.3) is 0 Å². The van der Waals surface area contributed by atoms with Gasteiger partial charge in [-0.05, 0) is 42.3 Å². The summed E-state index contributed by atoms with van der Waals surface area (Å²) in [5, 5.41) is 6.61. The number of hydrazone groups is 1. The van der Waals surface area contributed by atoms with Crippen molar-refractivity contribution in [2.75, 3.05) is 14.2 Å². The highest BCUT2D eigenvalue weighted by Gasteiger charge is 2.24. The molecule has 0 aromatic heterocycles. The Morgan fingerprint density at radius 2 is 1.76 bits per heavy atom. The topological polar surface area (TPSA) is 89.0 Å². The van der Waals surface area contributed by atoms with Gasteiger partial charge in [-0.25, -0.2) is 9.82 Å². The van der Waals surface area contributed by atoms with E-state index in [2.05, 4.69) is 15.8 Å². The Morgan fingerprint density at radius 1 is 1.07 bits per heavy atom. The lowest BCUT2D eigenvalue weighted by molar-refractivity contribution is -0.123. The first-order chi connectivity index (χ1) is 13.9. The van der Waals surface area contributed by atoms with Gasteiger partial charge in [-0.15, -0.1) is 0 Å². The summed E-state index contributed by atoms with van der Waals surface area (Å²) >= 11 is 0. The van der Waals surface area contributed by atoms with Gasteiger partial charge in [0.15, 0.2) is 11.5 Å². The molecule has 0 aliphatic rings. The molecule has 2 amide bonds. The maximum atomic E-state index is 13.0. The van der Waals surface area contributed by atoms with Crippen LogP contribution in [-0.4, -0.2) is 38.3 Å². The highest BCUT2D eigenvalue weighted by atomic mass is 19.1. The summed E-state index contributed by atoms with van der Waals surface area (Å²) in [5.41, 5.74) is 3.30. The summed E-state index contributed by atoms with van der Waals surface area (Å²) in [7, 11) is 3.03. The second-order valence-electron chi connectivity index (χ2n) is 6.52. The SMILES string of the molecule is COc1cccc(C=NNC(=O)C(NC(=O)c2ccc(F)cc2)C(C)C)c1OC. The molecule has 0 bridgehead atoms. The Morgan fingerprint density at radius 3 is 2.34 bits per heavy atom. The van der Waals surface area contributed by atoms with Crippen LogP contribution in [-0.2, 0) is 4.79 Å². The van der Waals surface area contributed by atoms with E-state index in [1.165, 1.54) is 44.7 Å². The number of hydrogen-bond donors (Lipinski definition) is 2. The van der Waals surface area contributed by atoms with Gasteiger partial charge in [0.25, 0.3) is 11.8 Å². The first-order valence-electron chi connectivity index (χ1n) is 8.97. The summed E-state index contributed by atoms with van der Waals surface area (Å²) in [5.74, 6) is -0.568. The summed E-state index contributed by atoms with van der Waals surface area (Å²) in [6.45, 7) is 3.59.